The van der Waals surface area contributed by atoms with Crippen LogP contribution in [0, 0.1) is 3.57 Å². The summed E-state index contributed by atoms with van der Waals surface area (Å²) in [6.07, 6.45) is 4.65. The molecule has 0 radical (unpaired) electrons. The summed E-state index contributed by atoms with van der Waals surface area (Å²) >= 11 is 8.80. The van der Waals surface area contributed by atoms with E-state index in [0.717, 1.165) is 28.8 Å². The van der Waals surface area contributed by atoms with E-state index in [1.54, 1.807) is 0 Å². The lowest BCUT2D eigenvalue weighted by Gasteiger charge is -2.17. The molecule has 0 unspecified atom stereocenters. The van der Waals surface area contributed by atoms with Crippen LogP contribution < -0.4 is 0 Å². The maximum atomic E-state index is 6.49. The first-order chi connectivity index (χ1) is 7.75. The minimum absolute atomic E-state index is 0.929. The highest BCUT2D eigenvalue weighted by atomic mass is 127. The first-order valence-corrected chi connectivity index (χ1v) is 6.98. The standard InChI is InChI=1S/C13H11ClIN/c14-13-9-3-1-2-4-11(9)16-12-6-5-8(15)7-10(12)13/h5-7H,1-4H2. The maximum absolute atomic E-state index is 6.49. The zero-order valence-corrected chi connectivity index (χ0v) is 11.7. The van der Waals surface area contributed by atoms with Crippen molar-refractivity contribution >= 4 is 45.1 Å². The maximum Gasteiger partial charge on any atom is 0.0721 e. The van der Waals surface area contributed by atoms with Gasteiger partial charge in [0.25, 0.3) is 0 Å². The Balaban J connectivity index is 2.35. The molecule has 0 bridgehead atoms. The number of pyridine rings is 1. The fourth-order valence-electron chi connectivity index (χ4n) is 2.34. The summed E-state index contributed by atoms with van der Waals surface area (Å²) in [5, 5.41) is 2.03. The van der Waals surface area contributed by atoms with Gasteiger partial charge in [-0.15, -0.1) is 0 Å². The molecule has 0 saturated carbocycles. The second kappa shape index (κ2) is 4.15. The molecule has 0 N–H and O–H groups in total. The smallest absolute Gasteiger partial charge is 0.0721 e. The first kappa shape index (κ1) is 10.8. The Hall–Kier alpha value is -0.350. The molecule has 0 saturated heterocycles. The third-order valence-electron chi connectivity index (χ3n) is 3.15. The number of hydrogen-bond acceptors (Lipinski definition) is 1. The van der Waals surface area contributed by atoms with E-state index in [4.69, 9.17) is 16.6 Å². The number of aryl methyl sites for hydroxylation is 1. The van der Waals surface area contributed by atoms with E-state index in [2.05, 4.69) is 40.8 Å². The second-order valence-corrected chi connectivity index (χ2v) is 5.84. The molecular formula is C13H11ClIN. The molecule has 1 aliphatic carbocycles. The number of benzene rings is 1. The number of halogens is 2. The van der Waals surface area contributed by atoms with Gasteiger partial charge in [-0.05, 0) is 72.0 Å². The van der Waals surface area contributed by atoms with Crippen LogP contribution in [0.5, 0.6) is 0 Å². The third-order valence-corrected chi connectivity index (χ3v) is 4.26. The molecule has 1 nitrogen and oxygen atoms in total. The number of hydrogen-bond donors (Lipinski definition) is 0. The van der Waals surface area contributed by atoms with Gasteiger partial charge in [0, 0.05) is 14.7 Å². The molecule has 0 spiro atoms. The van der Waals surface area contributed by atoms with Crippen LogP contribution in [0.4, 0.5) is 0 Å². The Morgan fingerprint density at radius 1 is 1.19 bits per heavy atom. The predicted octanol–water partition coefficient (Wildman–Crippen LogP) is 4.37. The number of nitrogens with zero attached hydrogens (tertiary/aromatic N) is 1. The van der Waals surface area contributed by atoms with Crippen LogP contribution in [0.25, 0.3) is 10.9 Å². The Morgan fingerprint density at radius 2 is 2.00 bits per heavy atom. The average molecular weight is 344 g/mol. The van der Waals surface area contributed by atoms with Crippen LogP contribution in [0.3, 0.4) is 0 Å². The quantitative estimate of drug-likeness (QED) is 0.647. The summed E-state index contributed by atoms with van der Waals surface area (Å²) in [4.78, 5) is 4.73. The molecule has 1 aromatic carbocycles. The third kappa shape index (κ3) is 1.72. The highest BCUT2D eigenvalue weighted by molar-refractivity contribution is 14.1. The summed E-state index contributed by atoms with van der Waals surface area (Å²) in [6, 6.07) is 6.28. The van der Waals surface area contributed by atoms with Crippen molar-refractivity contribution in [2.75, 3.05) is 0 Å². The van der Waals surface area contributed by atoms with Gasteiger partial charge in [0.2, 0.25) is 0 Å². The van der Waals surface area contributed by atoms with Crippen molar-refractivity contribution in [1.29, 1.82) is 0 Å². The zero-order valence-electron chi connectivity index (χ0n) is 8.76. The molecule has 1 aliphatic rings. The summed E-state index contributed by atoms with van der Waals surface area (Å²) in [7, 11) is 0. The van der Waals surface area contributed by atoms with Crippen molar-refractivity contribution in [3.8, 4) is 0 Å². The number of rotatable bonds is 0. The van der Waals surface area contributed by atoms with Crippen LogP contribution in [0.1, 0.15) is 24.1 Å². The lowest BCUT2D eigenvalue weighted by atomic mass is 9.94. The monoisotopic (exact) mass is 343 g/mol. The largest absolute Gasteiger partial charge is 0.252 e. The van der Waals surface area contributed by atoms with Gasteiger partial charge in [-0.3, -0.25) is 4.98 Å². The molecule has 1 aromatic heterocycles. The normalized spacial score (nSPS) is 15.1. The van der Waals surface area contributed by atoms with Crippen molar-refractivity contribution in [3.05, 3.63) is 38.0 Å². The minimum atomic E-state index is 0.929. The zero-order chi connectivity index (χ0) is 11.1. The molecule has 16 heavy (non-hydrogen) atoms. The van der Waals surface area contributed by atoms with E-state index >= 15 is 0 Å². The second-order valence-electron chi connectivity index (χ2n) is 4.22. The molecule has 1 heterocycles. The van der Waals surface area contributed by atoms with Gasteiger partial charge in [0.05, 0.1) is 10.5 Å². The molecule has 0 fully saturated rings. The van der Waals surface area contributed by atoms with Crippen LogP contribution in [-0.4, -0.2) is 4.98 Å². The summed E-state index contributed by atoms with van der Waals surface area (Å²) in [5.41, 5.74) is 3.53. The van der Waals surface area contributed by atoms with E-state index in [0.29, 0.717) is 0 Å². The molecule has 2 aromatic rings. The Bertz CT molecular complexity index is 565. The van der Waals surface area contributed by atoms with E-state index in [1.807, 2.05) is 0 Å². The fourth-order valence-corrected chi connectivity index (χ4v) is 3.18. The van der Waals surface area contributed by atoms with Gasteiger partial charge >= 0.3 is 0 Å². The molecule has 3 rings (SSSR count). The van der Waals surface area contributed by atoms with Gasteiger partial charge in [0.1, 0.15) is 0 Å². The van der Waals surface area contributed by atoms with Crippen molar-refractivity contribution < 1.29 is 0 Å². The number of fused-ring (bicyclic) bond motifs is 2. The fraction of sp³-hybridized carbons (Fsp3) is 0.308. The highest BCUT2D eigenvalue weighted by Gasteiger charge is 2.16. The topological polar surface area (TPSA) is 12.9 Å². The van der Waals surface area contributed by atoms with E-state index in [-0.39, 0.29) is 0 Å². The van der Waals surface area contributed by atoms with Crippen molar-refractivity contribution in [1.82, 2.24) is 4.98 Å². The van der Waals surface area contributed by atoms with Crippen LogP contribution in [0.15, 0.2) is 18.2 Å². The van der Waals surface area contributed by atoms with Crippen molar-refractivity contribution in [3.63, 3.8) is 0 Å². The van der Waals surface area contributed by atoms with Gasteiger partial charge in [-0.2, -0.15) is 0 Å². The lowest BCUT2D eigenvalue weighted by molar-refractivity contribution is 0.671. The van der Waals surface area contributed by atoms with Crippen LogP contribution in [0.2, 0.25) is 5.02 Å². The van der Waals surface area contributed by atoms with Crippen molar-refractivity contribution in [2.45, 2.75) is 25.7 Å². The SMILES string of the molecule is Clc1c2c(nc3ccc(I)cc13)CCCC2. The van der Waals surface area contributed by atoms with Gasteiger partial charge in [-0.25, -0.2) is 0 Å². The summed E-state index contributed by atoms with van der Waals surface area (Å²) in [5.74, 6) is 0. The molecule has 0 atom stereocenters. The molecule has 0 amide bonds. The first-order valence-electron chi connectivity index (χ1n) is 5.52. The Kier molecular flexibility index (Phi) is 2.80. The summed E-state index contributed by atoms with van der Waals surface area (Å²) < 4.78 is 1.21. The predicted molar refractivity (Wildman–Crippen MR) is 76.1 cm³/mol. The van der Waals surface area contributed by atoms with E-state index in [9.17, 15) is 0 Å². The molecular weight excluding hydrogens is 333 g/mol. The molecule has 82 valence electrons. The van der Waals surface area contributed by atoms with Gasteiger partial charge in [-0.1, -0.05) is 11.6 Å². The highest BCUT2D eigenvalue weighted by Crippen LogP contribution is 2.33. The molecule has 0 aliphatic heterocycles. The Labute approximate surface area is 113 Å². The number of aromatic nitrogens is 1. The lowest BCUT2D eigenvalue weighted by Crippen LogP contribution is -2.06. The van der Waals surface area contributed by atoms with Crippen molar-refractivity contribution in [2.24, 2.45) is 0 Å². The van der Waals surface area contributed by atoms with Gasteiger partial charge < -0.3 is 0 Å². The minimum Gasteiger partial charge on any atom is -0.252 e. The van der Waals surface area contributed by atoms with Crippen LogP contribution >= 0.6 is 34.2 Å². The van der Waals surface area contributed by atoms with E-state index in [1.165, 1.54) is 27.7 Å². The van der Waals surface area contributed by atoms with Crippen LogP contribution in [-0.2, 0) is 12.8 Å². The molecule has 3 heteroatoms. The Morgan fingerprint density at radius 3 is 2.88 bits per heavy atom. The van der Waals surface area contributed by atoms with Gasteiger partial charge in [0.15, 0.2) is 0 Å². The summed E-state index contributed by atoms with van der Waals surface area (Å²) in [6.45, 7) is 0. The average Bonchev–Trinajstić information content (AvgIpc) is 2.31. The van der Waals surface area contributed by atoms with E-state index < -0.39 is 0 Å².